The fourth-order valence-electron chi connectivity index (χ4n) is 2.41. The van der Waals surface area contributed by atoms with Crippen LogP contribution in [0, 0.1) is 6.92 Å². The van der Waals surface area contributed by atoms with Crippen molar-refractivity contribution >= 4 is 0 Å². The lowest BCUT2D eigenvalue weighted by atomic mass is 10.0. The highest BCUT2D eigenvalue weighted by molar-refractivity contribution is 5.70. The molecular formula is C18H17NO3. The third-order valence-electron chi connectivity index (χ3n) is 3.72. The van der Waals surface area contributed by atoms with Crippen molar-refractivity contribution in [2.24, 2.45) is 0 Å². The fraction of sp³-hybridized carbons (Fsp3) is 0.167. The first-order valence-corrected chi connectivity index (χ1v) is 7.04. The topological polar surface area (TPSA) is 55.5 Å². The first-order chi connectivity index (χ1) is 10.7. The summed E-state index contributed by atoms with van der Waals surface area (Å²) in [5, 5.41) is 13.4. The van der Waals surface area contributed by atoms with Gasteiger partial charge in [0.15, 0.2) is 0 Å². The molecule has 0 bridgehead atoms. The van der Waals surface area contributed by atoms with Crippen molar-refractivity contribution < 1.29 is 14.4 Å². The predicted octanol–water partition coefficient (Wildman–Crippen LogP) is 3.82. The van der Waals surface area contributed by atoms with Crippen molar-refractivity contribution in [1.82, 2.24) is 5.16 Å². The lowest BCUT2D eigenvalue weighted by molar-refractivity contribution is 0.278. The fourth-order valence-corrected chi connectivity index (χ4v) is 2.41. The van der Waals surface area contributed by atoms with E-state index in [2.05, 4.69) is 5.16 Å². The third-order valence-corrected chi connectivity index (χ3v) is 3.72. The van der Waals surface area contributed by atoms with Crippen LogP contribution in [0.1, 0.15) is 11.3 Å². The van der Waals surface area contributed by atoms with E-state index in [0.717, 1.165) is 28.0 Å². The number of benzene rings is 2. The molecule has 0 saturated carbocycles. The van der Waals surface area contributed by atoms with Crippen LogP contribution in [0.25, 0.3) is 22.4 Å². The van der Waals surface area contributed by atoms with E-state index in [1.807, 2.05) is 48.5 Å². The molecule has 1 N–H and O–H groups in total. The van der Waals surface area contributed by atoms with Gasteiger partial charge in [-0.15, -0.1) is 0 Å². The van der Waals surface area contributed by atoms with E-state index >= 15 is 0 Å². The number of aromatic nitrogens is 1. The SMILES string of the molecule is COc1ccc(-c2ccc(-c3noc(C)c3CO)cc2)cc1. The maximum absolute atomic E-state index is 9.42. The molecule has 2 aromatic carbocycles. The van der Waals surface area contributed by atoms with Gasteiger partial charge in [-0.1, -0.05) is 41.6 Å². The van der Waals surface area contributed by atoms with Gasteiger partial charge in [0.1, 0.15) is 17.2 Å². The molecule has 0 aliphatic carbocycles. The first-order valence-electron chi connectivity index (χ1n) is 7.04. The number of hydrogen-bond donors (Lipinski definition) is 1. The zero-order valence-corrected chi connectivity index (χ0v) is 12.5. The Labute approximate surface area is 129 Å². The molecule has 0 aliphatic heterocycles. The van der Waals surface area contributed by atoms with Crippen molar-refractivity contribution in [3.63, 3.8) is 0 Å². The summed E-state index contributed by atoms with van der Waals surface area (Å²) in [6.45, 7) is 1.72. The van der Waals surface area contributed by atoms with Crippen molar-refractivity contribution in [2.45, 2.75) is 13.5 Å². The largest absolute Gasteiger partial charge is 0.497 e. The molecule has 3 rings (SSSR count). The Bertz CT molecular complexity index is 758. The van der Waals surface area contributed by atoms with Crippen LogP contribution >= 0.6 is 0 Å². The number of hydrogen-bond acceptors (Lipinski definition) is 4. The first kappa shape index (κ1) is 14.4. The van der Waals surface area contributed by atoms with Gasteiger partial charge >= 0.3 is 0 Å². The minimum absolute atomic E-state index is 0.0785. The molecule has 0 atom stereocenters. The Hall–Kier alpha value is -2.59. The van der Waals surface area contributed by atoms with Gasteiger partial charge in [0.2, 0.25) is 0 Å². The average molecular weight is 295 g/mol. The molecule has 0 radical (unpaired) electrons. The number of aliphatic hydroxyl groups is 1. The minimum atomic E-state index is -0.0785. The number of nitrogens with zero attached hydrogens (tertiary/aromatic N) is 1. The van der Waals surface area contributed by atoms with Crippen LogP contribution < -0.4 is 4.74 Å². The van der Waals surface area contributed by atoms with Gasteiger partial charge in [-0.2, -0.15) is 0 Å². The lowest BCUT2D eigenvalue weighted by Gasteiger charge is -2.05. The summed E-state index contributed by atoms with van der Waals surface area (Å²) in [7, 11) is 1.66. The van der Waals surface area contributed by atoms with E-state index in [4.69, 9.17) is 9.26 Å². The zero-order chi connectivity index (χ0) is 15.5. The van der Waals surface area contributed by atoms with Crippen LogP contribution in [-0.2, 0) is 6.61 Å². The van der Waals surface area contributed by atoms with Crippen LogP contribution in [0.2, 0.25) is 0 Å². The van der Waals surface area contributed by atoms with Crippen LogP contribution in [0.15, 0.2) is 53.1 Å². The minimum Gasteiger partial charge on any atom is -0.497 e. The molecule has 4 heteroatoms. The Morgan fingerprint density at radius 3 is 2.05 bits per heavy atom. The Morgan fingerprint density at radius 1 is 0.955 bits per heavy atom. The third kappa shape index (κ3) is 2.61. The van der Waals surface area contributed by atoms with E-state index in [9.17, 15) is 5.11 Å². The van der Waals surface area contributed by atoms with E-state index < -0.39 is 0 Å². The molecule has 0 amide bonds. The smallest absolute Gasteiger partial charge is 0.139 e. The van der Waals surface area contributed by atoms with Gasteiger partial charge in [0.05, 0.1) is 13.7 Å². The quantitative estimate of drug-likeness (QED) is 0.795. The monoisotopic (exact) mass is 295 g/mol. The number of methoxy groups -OCH3 is 1. The van der Waals surface area contributed by atoms with Crippen LogP contribution in [-0.4, -0.2) is 17.4 Å². The van der Waals surface area contributed by atoms with Crippen molar-refractivity contribution in [1.29, 1.82) is 0 Å². The van der Waals surface area contributed by atoms with Gasteiger partial charge in [0, 0.05) is 11.1 Å². The number of aryl methyl sites for hydroxylation is 1. The molecule has 0 spiro atoms. The number of rotatable bonds is 4. The molecule has 0 unspecified atom stereocenters. The van der Waals surface area contributed by atoms with E-state index in [-0.39, 0.29) is 6.61 Å². The molecule has 1 heterocycles. The molecule has 22 heavy (non-hydrogen) atoms. The molecular weight excluding hydrogens is 278 g/mol. The summed E-state index contributed by atoms with van der Waals surface area (Å²) < 4.78 is 10.3. The summed E-state index contributed by atoms with van der Waals surface area (Å²) in [5.41, 5.74) is 4.58. The Balaban J connectivity index is 1.91. The van der Waals surface area contributed by atoms with E-state index in [1.165, 1.54) is 0 Å². The average Bonchev–Trinajstić information content (AvgIpc) is 2.96. The van der Waals surface area contributed by atoms with Crippen molar-refractivity contribution in [2.75, 3.05) is 7.11 Å². The summed E-state index contributed by atoms with van der Waals surface area (Å²) in [4.78, 5) is 0. The molecule has 0 aliphatic rings. The van der Waals surface area contributed by atoms with E-state index in [1.54, 1.807) is 14.0 Å². The van der Waals surface area contributed by atoms with Gasteiger partial charge < -0.3 is 14.4 Å². The highest BCUT2D eigenvalue weighted by Crippen LogP contribution is 2.28. The molecule has 1 aromatic heterocycles. The summed E-state index contributed by atoms with van der Waals surface area (Å²) in [6, 6.07) is 15.9. The summed E-state index contributed by atoms with van der Waals surface area (Å²) in [6.07, 6.45) is 0. The van der Waals surface area contributed by atoms with Crippen LogP contribution in [0.4, 0.5) is 0 Å². The van der Waals surface area contributed by atoms with E-state index in [0.29, 0.717) is 11.5 Å². The van der Waals surface area contributed by atoms with Gasteiger partial charge in [-0.25, -0.2) is 0 Å². The lowest BCUT2D eigenvalue weighted by Crippen LogP contribution is -1.88. The summed E-state index contributed by atoms with van der Waals surface area (Å²) in [5.74, 6) is 1.49. The number of ether oxygens (including phenoxy) is 1. The zero-order valence-electron chi connectivity index (χ0n) is 12.5. The molecule has 4 nitrogen and oxygen atoms in total. The highest BCUT2D eigenvalue weighted by Gasteiger charge is 2.13. The van der Waals surface area contributed by atoms with Gasteiger partial charge in [-0.05, 0) is 30.2 Å². The summed E-state index contributed by atoms with van der Waals surface area (Å²) >= 11 is 0. The van der Waals surface area contributed by atoms with Gasteiger partial charge in [0.25, 0.3) is 0 Å². The molecule has 0 saturated heterocycles. The van der Waals surface area contributed by atoms with Gasteiger partial charge in [-0.3, -0.25) is 0 Å². The van der Waals surface area contributed by atoms with Crippen molar-refractivity contribution in [3.8, 4) is 28.1 Å². The predicted molar refractivity (Wildman–Crippen MR) is 84.6 cm³/mol. The Kier molecular flexibility index (Phi) is 3.94. The second-order valence-electron chi connectivity index (χ2n) is 5.03. The normalized spacial score (nSPS) is 10.7. The van der Waals surface area contributed by atoms with Crippen LogP contribution in [0.3, 0.4) is 0 Å². The second-order valence-corrected chi connectivity index (χ2v) is 5.03. The molecule has 0 fully saturated rings. The maximum Gasteiger partial charge on any atom is 0.139 e. The molecule has 3 aromatic rings. The highest BCUT2D eigenvalue weighted by atomic mass is 16.5. The number of aliphatic hydroxyl groups excluding tert-OH is 1. The van der Waals surface area contributed by atoms with Crippen molar-refractivity contribution in [3.05, 3.63) is 59.9 Å². The second kappa shape index (κ2) is 6.03. The Morgan fingerprint density at radius 2 is 1.50 bits per heavy atom. The van der Waals surface area contributed by atoms with Crippen LogP contribution in [0.5, 0.6) is 5.75 Å². The molecule has 112 valence electrons. The standard InChI is InChI=1S/C18H17NO3/c1-12-17(11-20)18(19-22-12)15-5-3-13(4-6-15)14-7-9-16(21-2)10-8-14/h3-10,20H,11H2,1-2H3. The maximum atomic E-state index is 9.42.